The molecule has 2 aromatic rings. The lowest BCUT2D eigenvalue weighted by Crippen LogP contribution is -2.46. The molecule has 3 rings (SSSR count). The van der Waals surface area contributed by atoms with E-state index in [2.05, 4.69) is 5.32 Å². The van der Waals surface area contributed by atoms with Gasteiger partial charge in [-0.1, -0.05) is 6.07 Å². The summed E-state index contributed by atoms with van der Waals surface area (Å²) in [7, 11) is -0.702. The molecule has 9 heteroatoms. The fraction of sp³-hybridized carbons (Fsp3) is 0.400. The first kappa shape index (κ1) is 21.1. The number of aryl methyl sites for hydroxylation is 1. The molecule has 0 saturated carbocycles. The molecule has 2 heterocycles. The Bertz CT molecular complexity index is 1000. The van der Waals surface area contributed by atoms with Crippen LogP contribution in [0.2, 0.25) is 0 Å². The third-order valence-electron chi connectivity index (χ3n) is 4.94. The van der Waals surface area contributed by atoms with E-state index in [1.807, 2.05) is 0 Å². The molecule has 0 bridgehead atoms. The van der Waals surface area contributed by atoms with E-state index < -0.39 is 10.0 Å². The summed E-state index contributed by atoms with van der Waals surface area (Å²) in [4.78, 5) is 26.8. The van der Waals surface area contributed by atoms with Crippen LogP contribution in [0.5, 0.6) is 0 Å². The lowest BCUT2D eigenvalue weighted by Gasteiger charge is -2.32. The van der Waals surface area contributed by atoms with Gasteiger partial charge in [-0.25, -0.2) is 12.7 Å². The number of sulfonamides is 1. The highest BCUT2D eigenvalue weighted by atomic mass is 32.2. The molecule has 0 spiro atoms. The Labute approximate surface area is 170 Å². The van der Waals surface area contributed by atoms with Crippen LogP contribution < -0.4 is 5.32 Å². The van der Waals surface area contributed by atoms with E-state index in [9.17, 15) is 18.0 Å². The van der Waals surface area contributed by atoms with E-state index in [1.165, 1.54) is 26.2 Å². The van der Waals surface area contributed by atoms with Crippen LogP contribution in [0.25, 0.3) is 0 Å². The van der Waals surface area contributed by atoms with Crippen LogP contribution in [0.1, 0.15) is 39.5 Å². The highest BCUT2D eigenvalue weighted by molar-refractivity contribution is 7.89. The van der Waals surface area contributed by atoms with Gasteiger partial charge in [0.25, 0.3) is 11.8 Å². The molecule has 0 unspecified atom stereocenters. The third kappa shape index (κ3) is 4.68. The summed E-state index contributed by atoms with van der Waals surface area (Å²) in [5, 5.41) is 2.93. The number of rotatable bonds is 5. The van der Waals surface area contributed by atoms with Crippen LogP contribution in [0.3, 0.4) is 0 Å². The van der Waals surface area contributed by atoms with Gasteiger partial charge in [-0.3, -0.25) is 9.59 Å². The third-order valence-corrected chi connectivity index (χ3v) is 6.75. The zero-order valence-corrected chi connectivity index (χ0v) is 17.5. The molecule has 1 saturated heterocycles. The predicted molar refractivity (Wildman–Crippen MR) is 107 cm³/mol. The van der Waals surface area contributed by atoms with Crippen molar-refractivity contribution in [3.63, 3.8) is 0 Å². The van der Waals surface area contributed by atoms with Gasteiger partial charge >= 0.3 is 0 Å². The van der Waals surface area contributed by atoms with Crippen molar-refractivity contribution in [3.8, 4) is 0 Å². The number of hydrogen-bond acceptors (Lipinski definition) is 5. The summed E-state index contributed by atoms with van der Waals surface area (Å²) in [5.41, 5.74) is 0.335. The summed E-state index contributed by atoms with van der Waals surface area (Å²) < 4.78 is 31.0. The summed E-state index contributed by atoms with van der Waals surface area (Å²) >= 11 is 0. The van der Waals surface area contributed by atoms with Crippen LogP contribution >= 0.6 is 0 Å². The molecule has 1 aliphatic heterocycles. The summed E-state index contributed by atoms with van der Waals surface area (Å²) in [6.45, 7) is 2.73. The van der Waals surface area contributed by atoms with Crippen LogP contribution in [0.4, 0.5) is 0 Å². The molecule has 0 radical (unpaired) electrons. The second-order valence-corrected chi connectivity index (χ2v) is 9.42. The molecular formula is C20H25N3O5S. The van der Waals surface area contributed by atoms with Crippen molar-refractivity contribution in [2.75, 3.05) is 27.2 Å². The number of carbonyl (C=O) groups excluding carboxylic acids is 2. The largest absolute Gasteiger partial charge is 0.456 e. The van der Waals surface area contributed by atoms with Gasteiger partial charge in [0.1, 0.15) is 5.76 Å². The fourth-order valence-electron chi connectivity index (χ4n) is 3.22. The van der Waals surface area contributed by atoms with Crippen molar-refractivity contribution in [3.05, 3.63) is 53.5 Å². The molecule has 0 atom stereocenters. The molecule has 1 aromatic carbocycles. The van der Waals surface area contributed by atoms with Crippen LogP contribution in [-0.2, 0) is 10.0 Å². The first-order valence-electron chi connectivity index (χ1n) is 9.37. The number of likely N-dealkylation sites (tertiary alicyclic amines) is 1. The number of amides is 2. The van der Waals surface area contributed by atoms with E-state index in [0.29, 0.717) is 37.3 Å². The lowest BCUT2D eigenvalue weighted by atomic mass is 10.0. The highest BCUT2D eigenvalue weighted by Gasteiger charge is 2.26. The van der Waals surface area contributed by atoms with E-state index in [4.69, 9.17) is 4.42 Å². The molecule has 1 aromatic heterocycles. The van der Waals surface area contributed by atoms with E-state index in [-0.39, 0.29) is 28.5 Å². The monoisotopic (exact) mass is 419 g/mol. The number of furan rings is 1. The quantitative estimate of drug-likeness (QED) is 0.798. The second-order valence-electron chi connectivity index (χ2n) is 7.27. The maximum atomic E-state index is 12.8. The van der Waals surface area contributed by atoms with Crippen LogP contribution in [0.15, 0.2) is 45.7 Å². The Balaban J connectivity index is 1.61. The van der Waals surface area contributed by atoms with Gasteiger partial charge in [0.2, 0.25) is 10.0 Å². The maximum absolute atomic E-state index is 12.8. The molecule has 0 aliphatic carbocycles. The van der Waals surface area contributed by atoms with Crippen LogP contribution in [0, 0.1) is 6.92 Å². The lowest BCUT2D eigenvalue weighted by molar-refractivity contribution is 0.0695. The summed E-state index contributed by atoms with van der Waals surface area (Å²) in [6, 6.07) is 9.40. The van der Waals surface area contributed by atoms with Crippen molar-refractivity contribution in [1.29, 1.82) is 0 Å². The van der Waals surface area contributed by atoms with Crippen molar-refractivity contribution in [2.45, 2.75) is 30.7 Å². The topological polar surface area (TPSA) is 99.9 Å². The zero-order valence-electron chi connectivity index (χ0n) is 16.7. The molecule has 1 aliphatic rings. The number of benzene rings is 1. The molecule has 1 N–H and O–H groups in total. The minimum absolute atomic E-state index is 0.0441. The van der Waals surface area contributed by atoms with Gasteiger partial charge in [-0.05, 0) is 50.1 Å². The molecular weight excluding hydrogens is 394 g/mol. The minimum Gasteiger partial charge on any atom is -0.456 e. The van der Waals surface area contributed by atoms with Crippen LogP contribution in [-0.4, -0.2) is 62.7 Å². The van der Waals surface area contributed by atoms with E-state index in [0.717, 1.165) is 4.31 Å². The van der Waals surface area contributed by atoms with Crippen molar-refractivity contribution in [1.82, 2.24) is 14.5 Å². The van der Waals surface area contributed by atoms with E-state index >= 15 is 0 Å². The maximum Gasteiger partial charge on any atom is 0.287 e. The highest BCUT2D eigenvalue weighted by Crippen LogP contribution is 2.19. The molecule has 156 valence electrons. The molecule has 2 amide bonds. The Morgan fingerprint density at radius 1 is 1.14 bits per heavy atom. The Morgan fingerprint density at radius 2 is 1.83 bits per heavy atom. The van der Waals surface area contributed by atoms with Crippen molar-refractivity contribution in [2.24, 2.45) is 0 Å². The molecule has 1 fully saturated rings. The van der Waals surface area contributed by atoms with Gasteiger partial charge in [0.05, 0.1) is 4.90 Å². The normalized spacial score (nSPS) is 15.5. The summed E-state index contributed by atoms with van der Waals surface area (Å²) in [6.07, 6.45) is 1.24. The van der Waals surface area contributed by atoms with Gasteiger partial charge in [-0.2, -0.15) is 0 Å². The first-order chi connectivity index (χ1) is 13.7. The Morgan fingerprint density at radius 3 is 2.41 bits per heavy atom. The van der Waals surface area contributed by atoms with Gasteiger partial charge in [0, 0.05) is 38.8 Å². The number of hydrogen-bond donors (Lipinski definition) is 1. The smallest absolute Gasteiger partial charge is 0.287 e. The Hall–Kier alpha value is -2.65. The van der Waals surface area contributed by atoms with E-state index in [1.54, 1.807) is 36.1 Å². The Kier molecular flexibility index (Phi) is 6.09. The number of nitrogens with zero attached hydrogens (tertiary/aromatic N) is 2. The average molecular weight is 420 g/mol. The van der Waals surface area contributed by atoms with Gasteiger partial charge < -0.3 is 14.6 Å². The van der Waals surface area contributed by atoms with Crippen molar-refractivity contribution >= 4 is 21.8 Å². The molecule has 29 heavy (non-hydrogen) atoms. The fourth-order valence-corrected chi connectivity index (χ4v) is 4.17. The van der Waals surface area contributed by atoms with Crippen molar-refractivity contribution < 1.29 is 22.4 Å². The number of carbonyl (C=O) groups is 2. The average Bonchev–Trinajstić information content (AvgIpc) is 3.14. The minimum atomic E-state index is -3.60. The zero-order chi connectivity index (χ0) is 21.2. The van der Waals surface area contributed by atoms with Gasteiger partial charge in [0.15, 0.2) is 5.76 Å². The number of piperidine rings is 1. The standard InChI is InChI=1S/C20H25N3O5S/c1-14-7-8-18(28-14)19(24)21-16-9-11-23(12-10-16)20(25)15-5-4-6-17(13-15)29(26,27)22(2)3/h4-8,13,16H,9-12H2,1-3H3,(H,21,24). The van der Waals surface area contributed by atoms with Gasteiger partial charge in [-0.15, -0.1) is 0 Å². The molecule has 8 nitrogen and oxygen atoms in total. The second kappa shape index (κ2) is 8.38. The SMILES string of the molecule is Cc1ccc(C(=O)NC2CCN(C(=O)c3cccc(S(=O)(=O)N(C)C)c3)CC2)o1. The number of nitrogens with one attached hydrogen (secondary N) is 1. The first-order valence-corrected chi connectivity index (χ1v) is 10.8. The summed E-state index contributed by atoms with van der Waals surface area (Å²) in [5.74, 6) is 0.478. The predicted octanol–water partition coefficient (Wildman–Crippen LogP) is 1.87.